The summed E-state index contributed by atoms with van der Waals surface area (Å²) in [5.41, 5.74) is -0.979. The van der Waals surface area contributed by atoms with Gasteiger partial charge in [-0.2, -0.15) is 0 Å². The fourth-order valence-corrected chi connectivity index (χ4v) is 1.53. The second-order valence-corrected chi connectivity index (χ2v) is 3.53. The van der Waals surface area contributed by atoms with Gasteiger partial charge in [0.1, 0.15) is 12.3 Å². The molecule has 9 heteroatoms. The molecule has 0 spiro atoms. The van der Waals surface area contributed by atoms with Crippen molar-refractivity contribution in [1.82, 2.24) is 5.32 Å². The van der Waals surface area contributed by atoms with Crippen LogP contribution in [0.4, 0.5) is 5.69 Å². The number of ether oxygens (including phenoxy) is 2. The van der Waals surface area contributed by atoms with Gasteiger partial charge in [-0.25, -0.2) is 0 Å². The Hall–Kier alpha value is -2.84. The van der Waals surface area contributed by atoms with Crippen molar-refractivity contribution >= 4 is 17.6 Å². The summed E-state index contributed by atoms with van der Waals surface area (Å²) in [6, 6.07) is 2.60. The summed E-state index contributed by atoms with van der Waals surface area (Å²) in [4.78, 5) is 32.6. The van der Waals surface area contributed by atoms with E-state index >= 15 is 0 Å². The van der Waals surface area contributed by atoms with Gasteiger partial charge in [0.2, 0.25) is 0 Å². The summed E-state index contributed by atoms with van der Waals surface area (Å²) in [7, 11) is 2.45. The van der Waals surface area contributed by atoms with Crippen molar-refractivity contribution < 1.29 is 29.1 Å². The average molecular weight is 284 g/mol. The Kier molecular flexibility index (Phi) is 4.84. The van der Waals surface area contributed by atoms with E-state index in [9.17, 15) is 19.7 Å². The molecule has 108 valence electrons. The molecule has 0 bridgehead atoms. The summed E-state index contributed by atoms with van der Waals surface area (Å²) in [6.45, 7) is -0.670. The molecule has 0 aromatic heterocycles. The summed E-state index contributed by atoms with van der Waals surface area (Å²) in [6.07, 6.45) is 0. The van der Waals surface area contributed by atoms with Crippen LogP contribution in [0.1, 0.15) is 10.4 Å². The number of methoxy groups -OCH3 is 2. The summed E-state index contributed by atoms with van der Waals surface area (Å²) in [5, 5.41) is 21.6. The van der Waals surface area contributed by atoms with Gasteiger partial charge in [0.05, 0.1) is 19.1 Å². The molecule has 1 amide bonds. The van der Waals surface area contributed by atoms with Crippen LogP contribution >= 0.6 is 0 Å². The predicted octanol–water partition coefficient (Wildman–Crippen LogP) is 0.426. The molecule has 0 atom stereocenters. The Morgan fingerprint density at radius 1 is 1.30 bits per heavy atom. The van der Waals surface area contributed by atoms with Crippen LogP contribution in [0, 0.1) is 10.1 Å². The van der Waals surface area contributed by atoms with Crippen LogP contribution in [0.2, 0.25) is 0 Å². The first-order valence-electron chi connectivity index (χ1n) is 5.31. The average Bonchev–Trinajstić information content (AvgIpc) is 2.42. The Labute approximate surface area is 113 Å². The number of benzene rings is 1. The first-order chi connectivity index (χ1) is 9.42. The summed E-state index contributed by atoms with van der Waals surface area (Å²) < 4.78 is 9.72. The van der Waals surface area contributed by atoms with Crippen LogP contribution in [0.3, 0.4) is 0 Å². The molecule has 0 aliphatic heterocycles. The van der Waals surface area contributed by atoms with E-state index in [-0.39, 0.29) is 11.5 Å². The Bertz CT molecular complexity index is 556. The van der Waals surface area contributed by atoms with Crippen molar-refractivity contribution in [3.05, 3.63) is 27.8 Å². The lowest BCUT2D eigenvalue weighted by Gasteiger charge is -2.11. The highest BCUT2D eigenvalue weighted by atomic mass is 16.6. The van der Waals surface area contributed by atoms with Crippen LogP contribution < -0.4 is 14.8 Å². The van der Waals surface area contributed by atoms with Crippen LogP contribution in [0.5, 0.6) is 11.5 Å². The van der Waals surface area contributed by atoms with Crippen molar-refractivity contribution in [2.75, 3.05) is 20.8 Å². The van der Waals surface area contributed by atoms with Crippen molar-refractivity contribution in [2.45, 2.75) is 0 Å². The highest BCUT2D eigenvalue weighted by molar-refractivity contribution is 6.03. The zero-order valence-electron chi connectivity index (χ0n) is 10.7. The van der Waals surface area contributed by atoms with E-state index in [0.717, 1.165) is 0 Å². The molecule has 9 nitrogen and oxygen atoms in total. The summed E-state index contributed by atoms with van der Waals surface area (Å²) in [5.74, 6) is -2.39. The maximum Gasteiger partial charge on any atom is 0.327 e. The summed E-state index contributed by atoms with van der Waals surface area (Å²) >= 11 is 0. The number of carboxylic acids is 1. The predicted molar refractivity (Wildman–Crippen MR) is 66.2 cm³/mol. The molecule has 1 rings (SSSR count). The highest BCUT2D eigenvalue weighted by Crippen LogP contribution is 2.36. The standard InChI is InChI=1S/C11H12N2O7/c1-19-6-3-4-7(20-2)10(13(17)18)9(6)11(16)12-5-8(14)15/h3-4H,5H2,1-2H3,(H,12,16)(H,14,15). The third-order valence-electron chi connectivity index (χ3n) is 2.35. The Morgan fingerprint density at radius 2 is 1.85 bits per heavy atom. The monoisotopic (exact) mass is 284 g/mol. The lowest BCUT2D eigenvalue weighted by Crippen LogP contribution is -2.30. The minimum atomic E-state index is -1.28. The second-order valence-electron chi connectivity index (χ2n) is 3.53. The smallest absolute Gasteiger partial charge is 0.327 e. The number of nitrogens with zero attached hydrogens (tertiary/aromatic N) is 1. The molecular weight excluding hydrogens is 272 g/mol. The van der Waals surface area contributed by atoms with Crippen molar-refractivity contribution in [2.24, 2.45) is 0 Å². The van der Waals surface area contributed by atoms with Crippen molar-refractivity contribution in [1.29, 1.82) is 0 Å². The number of nitro benzene ring substituents is 1. The van der Waals surface area contributed by atoms with Crippen LogP contribution in [0.25, 0.3) is 0 Å². The molecule has 0 saturated heterocycles. The van der Waals surface area contributed by atoms with E-state index < -0.39 is 34.6 Å². The number of aliphatic carboxylic acids is 1. The number of rotatable bonds is 6. The Morgan fingerprint density at radius 3 is 2.30 bits per heavy atom. The van der Waals surface area contributed by atoms with Crippen LogP contribution in [-0.2, 0) is 4.79 Å². The van der Waals surface area contributed by atoms with Crippen LogP contribution in [-0.4, -0.2) is 42.7 Å². The molecule has 1 aromatic carbocycles. The molecule has 0 aliphatic carbocycles. The first-order valence-corrected chi connectivity index (χ1v) is 5.31. The van der Waals surface area contributed by atoms with Gasteiger partial charge in [-0.15, -0.1) is 0 Å². The maximum absolute atomic E-state index is 11.9. The SMILES string of the molecule is COc1ccc(OC)c([N+](=O)[O-])c1C(=O)NCC(=O)O. The van der Waals surface area contributed by atoms with E-state index in [1.165, 1.54) is 26.4 Å². The van der Waals surface area contributed by atoms with Gasteiger partial charge in [0, 0.05) is 0 Å². The van der Waals surface area contributed by atoms with Gasteiger partial charge < -0.3 is 19.9 Å². The van der Waals surface area contributed by atoms with Gasteiger partial charge in [0.25, 0.3) is 5.91 Å². The largest absolute Gasteiger partial charge is 0.496 e. The first kappa shape index (κ1) is 15.2. The number of nitro groups is 1. The van der Waals surface area contributed by atoms with Gasteiger partial charge in [0.15, 0.2) is 11.3 Å². The van der Waals surface area contributed by atoms with E-state index in [1.807, 2.05) is 5.32 Å². The zero-order valence-corrected chi connectivity index (χ0v) is 10.7. The lowest BCUT2D eigenvalue weighted by atomic mass is 10.1. The number of carbonyl (C=O) groups is 2. The molecule has 0 radical (unpaired) electrons. The van der Waals surface area contributed by atoms with E-state index in [4.69, 9.17) is 14.6 Å². The lowest BCUT2D eigenvalue weighted by molar-refractivity contribution is -0.386. The third-order valence-corrected chi connectivity index (χ3v) is 2.35. The number of carbonyl (C=O) groups excluding carboxylic acids is 1. The van der Waals surface area contributed by atoms with E-state index in [2.05, 4.69) is 0 Å². The molecule has 0 heterocycles. The maximum atomic E-state index is 11.9. The number of carboxylic acid groups (broad SMARTS) is 1. The van der Waals surface area contributed by atoms with E-state index in [0.29, 0.717) is 0 Å². The Balaban J connectivity index is 3.35. The highest BCUT2D eigenvalue weighted by Gasteiger charge is 2.30. The molecule has 0 aliphatic rings. The molecule has 0 saturated carbocycles. The fourth-order valence-electron chi connectivity index (χ4n) is 1.53. The van der Waals surface area contributed by atoms with Crippen molar-refractivity contribution in [3.8, 4) is 11.5 Å². The quantitative estimate of drug-likeness (QED) is 0.572. The minimum Gasteiger partial charge on any atom is -0.496 e. The molecule has 0 fully saturated rings. The molecule has 0 unspecified atom stereocenters. The second kappa shape index (κ2) is 6.36. The number of nitrogens with one attached hydrogen (secondary N) is 1. The normalized spacial score (nSPS) is 9.70. The molecule has 1 aromatic rings. The topological polar surface area (TPSA) is 128 Å². The number of hydrogen-bond acceptors (Lipinski definition) is 6. The van der Waals surface area contributed by atoms with Crippen LogP contribution in [0.15, 0.2) is 12.1 Å². The molecular formula is C11H12N2O7. The minimum absolute atomic E-state index is 0.0552. The van der Waals surface area contributed by atoms with Gasteiger partial charge in [-0.1, -0.05) is 0 Å². The number of hydrogen-bond donors (Lipinski definition) is 2. The third kappa shape index (κ3) is 3.13. The number of amides is 1. The van der Waals surface area contributed by atoms with Crippen molar-refractivity contribution in [3.63, 3.8) is 0 Å². The van der Waals surface area contributed by atoms with Gasteiger partial charge in [-0.05, 0) is 12.1 Å². The van der Waals surface area contributed by atoms with Gasteiger partial charge in [-0.3, -0.25) is 19.7 Å². The van der Waals surface area contributed by atoms with Gasteiger partial charge >= 0.3 is 11.7 Å². The fraction of sp³-hybridized carbons (Fsp3) is 0.273. The molecule has 2 N–H and O–H groups in total. The zero-order chi connectivity index (χ0) is 15.3. The molecule has 20 heavy (non-hydrogen) atoms. The van der Waals surface area contributed by atoms with E-state index in [1.54, 1.807) is 0 Å².